The average molecular weight is 1390 g/mol. The summed E-state index contributed by atoms with van der Waals surface area (Å²) < 4.78 is 108. The first-order chi connectivity index (χ1) is 42.0. The fraction of sp³-hybridized carbons (Fsp3) is 0.686. The first-order valence-electron chi connectivity index (χ1n) is 28.5. The number of phosphoric acid groups is 3. The van der Waals surface area contributed by atoms with E-state index in [9.17, 15) is 57.0 Å². The number of phosphoric ester groups is 1. The Kier molecular flexibility index (Phi) is 37.3. The Labute approximate surface area is 523 Å². The minimum atomic E-state index is -5.80. The number of alkyl halides is 2. The first kappa shape index (κ1) is 84.3. The summed E-state index contributed by atoms with van der Waals surface area (Å²) in [4.78, 5) is 55.0. The van der Waals surface area contributed by atoms with Gasteiger partial charge in [0, 0.05) is 0 Å². The minimum absolute atomic E-state index is 0. The zero-order valence-corrected chi connectivity index (χ0v) is 54.9. The van der Waals surface area contributed by atoms with Crippen molar-refractivity contribution in [1.29, 1.82) is 0 Å². The van der Waals surface area contributed by atoms with Crippen LogP contribution in [-0.2, 0) is 55.3 Å². The number of anilines is 2. The van der Waals surface area contributed by atoms with Gasteiger partial charge in [-0.05, 0) is 24.3 Å². The van der Waals surface area contributed by atoms with Gasteiger partial charge < -0.3 is 55.8 Å². The molecule has 0 spiro atoms. The summed E-state index contributed by atoms with van der Waals surface area (Å²) >= 11 is 0. The van der Waals surface area contributed by atoms with Crippen molar-refractivity contribution in [1.82, 2.24) is 39.4 Å². The van der Waals surface area contributed by atoms with Crippen LogP contribution in [0.5, 0.6) is 0 Å². The van der Waals surface area contributed by atoms with Crippen molar-refractivity contribution in [2.75, 3.05) is 37.8 Å². The Morgan fingerprint density at radius 2 is 1.08 bits per heavy atom. The van der Waals surface area contributed by atoms with Crippen molar-refractivity contribution in [3.63, 3.8) is 0 Å². The molecule has 4 aromatic heterocycles. The predicted octanol–water partition coefficient (Wildman–Crippen LogP) is 8.52. The topological polar surface area (TPSA) is 484 Å². The van der Waals surface area contributed by atoms with Crippen LogP contribution < -0.4 is 26.5 Å². The summed E-state index contributed by atoms with van der Waals surface area (Å²) in [6.07, 6.45) is 22.2. The van der Waals surface area contributed by atoms with Crippen LogP contribution in [0.3, 0.4) is 0 Å². The second-order valence-electron chi connectivity index (χ2n) is 20.1. The third-order valence-electron chi connectivity index (χ3n) is 13.4. The van der Waals surface area contributed by atoms with E-state index < -0.39 is 99.4 Å². The molecule has 15 N–H and O–H groups in total. The second kappa shape index (κ2) is 39.8. The van der Waals surface area contributed by atoms with Crippen molar-refractivity contribution in [3.8, 4) is 24.7 Å². The number of aliphatic hydroxyl groups excluding tert-OH is 3. The number of hydrogen-bond donors (Lipinski definition) is 13. The van der Waals surface area contributed by atoms with Gasteiger partial charge in [-0.3, -0.25) is 4.52 Å². The van der Waals surface area contributed by atoms with E-state index in [1.807, 2.05) is 19.8 Å². The number of fused-ring (bicyclic) bond motifs is 2. The number of nitrogen functional groups attached to an aromatic ring is 2. The van der Waals surface area contributed by atoms with Crippen molar-refractivity contribution in [3.05, 3.63) is 48.3 Å². The van der Waals surface area contributed by atoms with E-state index in [1.165, 1.54) is 105 Å². The first-order valence-corrected chi connectivity index (χ1v) is 37.0. The summed E-state index contributed by atoms with van der Waals surface area (Å²) in [6, 6.07) is 5.98. The fourth-order valence-electron chi connectivity index (χ4n) is 8.48. The van der Waals surface area contributed by atoms with Crippen LogP contribution in [0.2, 0.25) is 0 Å². The monoisotopic (exact) mass is 1390 g/mol. The number of halogens is 2. The van der Waals surface area contributed by atoms with Crippen LogP contribution in [0, 0.1) is 24.7 Å². The average Bonchev–Trinajstić information content (AvgIpc) is 1.50. The van der Waals surface area contributed by atoms with E-state index in [0.717, 1.165) is 19.2 Å². The Morgan fingerprint density at radius 3 is 1.40 bits per heavy atom. The number of nitrogens with two attached hydrogens (primary N) is 2. The molecule has 6 heterocycles. The van der Waals surface area contributed by atoms with E-state index in [0.29, 0.717) is 24.1 Å². The number of aromatic nitrogens is 6. The Balaban J connectivity index is 0.000000617. The van der Waals surface area contributed by atoms with E-state index in [2.05, 4.69) is 91.5 Å². The fourth-order valence-corrected chi connectivity index (χ4v) is 15.2. The van der Waals surface area contributed by atoms with Gasteiger partial charge in [-0.25, -0.2) is 41.5 Å². The van der Waals surface area contributed by atoms with Gasteiger partial charge in [0.1, 0.15) is 54.7 Å². The Morgan fingerprint density at radius 1 is 0.689 bits per heavy atom. The van der Waals surface area contributed by atoms with Crippen molar-refractivity contribution in [2.45, 2.75) is 200 Å². The van der Waals surface area contributed by atoms with Crippen LogP contribution in [-0.4, -0.2) is 137 Å². The molecule has 0 aliphatic carbocycles. The number of nitrogens with zero attached hydrogens (tertiary/aromatic N) is 6. The molecule has 0 radical (unpaired) electrons. The summed E-state index contributed by atoms with van der Waals surface area (Å²) in [6.45, 7) is 11.3. The molecule has 2 fully saturated rings. The molecular weight excluding hydrogens is 1300 g/mol. The van der Waals surface area contributed by atoms with Gasteiger partial charge in [-0.2, -0.15) is 18.8 Å². The van der Waals surface area contributed by atoms with Gasteiger partial charge in [0.25, 0.3) is 0 Å². The molecule has 0 aromatic carbocycles. The summed E-state index contributed by atoms with van der Waals surface area (Å²) in [7, 11) is -25.4. The molecule has 32 nitrogen and oxygen atoms in total. The summed E-state index contributed by atoms with van der Waals surface area (Å²) in [5, 5.41) is 63.5. The number of terminal acetylenes is 2. The molecule has 11 atom stereocenters. The Bertz CT molecular complexity index is 2990. The van der Waals surface area contributed by atoms with E-state index in [1.54, 1.807) is 12.1 Å². The van der Waals surface area contributed by atoms with E-state index >= 15 is 0 Å². The van der Waals surface area contributed by atoms with Crippen LogP contribution in [0.15, 0.2) is 36.9 Å². The molecule has 6 rings (SSSR count). The summed E-state index contributed by atoms with van der Waals surface area (Å²) in [5.74, 6) is 4.32. The molecule has 0 saturated carbocycles. The SMILES string of the molecule is C.C#C[C@]1(CO)O[C@@H](c2ccc3c(N)ncnn23)[C@H](F)[C@@H]1O.C#C[C@]1(COP(=O)(O)OP(=O)(O)OP(=O)(O)O)O[C@@H](c2ccc3c(N)ncnn23)[C@H](F)[C@@H]1O.CCCCCCCC.CCCCCCCC.CCCCNP(NCCCC)(OO)(OOO)[P+](=O)[O-]. The van der Waals surface area contributed by atoms with Gasteiger partial charge in [-0.15, -0.1) is 12.8 Å². The van der Waals surface area contributed by atoms with Gasteiger partial charge >= 0.3 is 135 Å². The van der Waals surface area contributed by atoms with Gasteiger partial charge in [0.05, 0.1) is 18.0 Å². The molecule has 90 heavy (non-hydrogen) atoms. The van der Waals surface area contributed by atoms with Crippen LogP contribution in [0.25, 0.3) is 11.0 Å². The standard InChI is InChI=1S/C13H16FN4O12P3.C13H13FN4O3.C8H22N2O7P2.2C8H18.CH4/c1-2-13(5-27-32(23,24)30-33(25,26)29-31(20,21)22)11(19)9(14)10(28-13)7-3-4-8-12(15)16-6-17-18(7)8;1-2-13(5-19)11(20)9(14)10(21-13)7-3-4-8-12(15)16-6-17-18(7)8;1-3-5-7-9-19(16-12,17-15-11,18(13)14)10-8-6-4-2;2*1-3-5-7-8-6-4-2;/h1,3-4,6,9-11,19H,5H2,(H,23,24)(H,25,26)(H2,15,16,17)(H2,20,21,22);1,3-4,6,9-11,19-20H,5H2,(H2,15,16,17);9-12H,3-8H2,1-2H3;2*3-8H2,1-2H3;1H4/t2*9-,10-,11-,13+;;;;/m00..../s1. The number of ether oxygens (including phenoxy) is 2. The molecular formula is C51H91F2N10O22P5. The molecule has 0 amide bonds. The maximum atomic E-state index is 15.0. The summed E-state index contributed by atoms with van der Waals surface area (Å²) in [5.41, 5.74) is 8.38. The predicted molar refractivity (Wildman–Crippen MR) is 328 cm³/mol. The second-order valence-corrected chi connectivity index (χ2v) is 30.9. The number of hydrogen-bond acceptors (Lipinski definition) is 26. The maximum absolute atomic E-state index is 15.0. The molecule has 2 aliphatic heterocycles. The Hall–Kier alpha value is -3.76. The van der Waals surface area contributed by atoms with Crippen molar-refractivity contribution in [2.24, 2.45) is 0 Å². The molecule has 2 aliphatic rings. The number of aliphatic hydroxyl groups is 3. The molecule has 2 saturated heterocycles. The van der Waals surface area contributed by atoms with E-state index in [-0.39, 0.29) is 43.4 Å². The van der Waals surface area contributed by atoms with Crippen LogP contribution in [0.4, 0.5) is 20.4 Å². The zero-order chi connectivity index (χ0) is 67.3. The van der Waals surface area contributed by atoms with Crippen LogP contribution >= 0.6 is 38.2 Å². The van der Waals surface area contributed by atoms with Crippen LogP contribution in [0.1, 0.15) is 175 Å². The van der Waals surface area contributed by atoms with E-state index in [4.69, 9.17) is 54.1 Å². The molecule has 39 heteroatoms. The third-order valence-corrected chi connectivity index (χ3v) is 23.0. The number of nitrogens with one attached hydrogen (secondary N) is 2. The molecule has 516 valence electrons. The number of unbranched alkanes of at least 4 members (excludes halogenated alkanes) is 12. The van der Waals surface area contributed by atoms with Gasteiger partial charge in [0.2, 0.25) is 0 Å². The van der Waals surface area contributed by atoms with Crippen molar-refractivity contribution < 1.29 is 114 Å². The molecule has 4 aromatic rings. The molecule has 3 unspecified atom stereocenters. The third kappa shape index (κ3) is 23.6. The van der Waals surface area contributed by atoms with Gasteiger partial charge in [-0.1, -0.05) is 124 Å². The van der Waals surface area contributed by atoms with Crippen molar-refractivity contribution >= 4 is 60.9 Å². The van der Waals surface area contributed by atoms with Gasteiger partial charge in [0.15, 0.2) is 35.2 Å². The zero-order valence-electron chi connectivity index (χ0n) is 50.4. The number of rotatable bonds is 32. The molecule has 0 bridgehead atoms. The normalized spacial score (nSPS) is 23.2. The quantitative estimate of drug-likeness (QED) is 0.00716.